The third kappa shape index (κ3) is 3.06. The molecular formula is C17H20N2O. The topological polar surface area (TPSA) is 55.1 Å². The number of carbonyl (C=O) groups is 1. The minimum atomic E-state index is -0.0748. The second-order valence-corrected chi connectivity index (χ2v) is 5.13. The van der Waals surface area contributed by atoms with Crippen LogP contribution in [0.25, 0.3) is 0 Å². The lowest BCUT2D eigenvalue weighted by Crippen LogP contribution is -2.15. The van der Waals surface area contributed by atoms with Crippen LogP contribution in [0.2, 0.25) is 0 Å². The van der Waals surface area contributed by atoms with Crippen molar-refractivity contribution in [2.75, 3.05) is 5.32 Å². The maximum Gasteiger partial charge on any atom is 0.256 e. The molecule has 0 bridgehead atoms. The van der Waals surface area contributed by atoms with Gasteiger partial charge >= 0.3 is 0 Å². The molecule has 0 spiro atoms. The Kier molecular flexibility index (Phi) is 4.20. The molecule has 0 atom stereocenters. The van der Waals surface area contributed by atoms with Crippen molar-refractivity contribution in [1.82, 2.24) is 0 Å². The minimum Gasteiger partial charge on any atom is -0.326 e. The van der Waals surface area contributed by atoms with Crippen LogP contribution in [-0.2, 0) is 6.54 Å². The van der Waals surface area contributed by atoms with Crippen molar-refractivity contribution in [3.63, 3.8) is 0 Å². The summed E-state index contributed by atoms with van der Waals surface area (Å²) in [6, 6.07) is 11.7. The summed E-state index contributed by atoms with van der Waals surface area (Å²) in [7, 11) is 0. The number of anilines is 1. The summed E-state index contributed by atoms with van der Waals surface area (Å²) in [4.78, 5) is 12.4. The standard InChI is InChI=1S/C17H20N2O/c1-11-7-12(2)16(13(3)8-11)17(20)19-15-6-4-5-14(9-15)10-18/h4-9H,10,18H2,1-3H3,(H,19,20). The molecule has 0 fully saturated rings. The third-order valence-electron chi connectivity index (χ3n) is 3.32. The van der Waals surface area contributed by atoms with Gasteiger partial charge in [-0.05, 0) is 49.6 Å². The summed E-state index contributed by atoms with van der Waals surface area (Å²) >= 11 is 0. The first-order chi connectivity index (χ1) is 9.51. The number of benzene rings is 2. The largest absolute Gasteiger partial charge is 0.326 e. The lowest BCUT2D eigenvalue weighted by molar-refractivity contribution is 0.102. The van der Waals surface area contributed by atoms with Gasteiger partial charge in [-0.3, -0.25) is 4.79 Å². The lowest BCUT2D eigenvalue weighted by Gasteiger charge is -2.12. The van der Waals surface area contributed by atoms with Crippen LogP contribution in [0, 0.1) is 20.8 Å². The number of hydrogen-bond donors (Lipinski definition) is 2. The van der Waals surface area contributed by atoms with E-state index in [-0.39, 0.29) is 5.91 Å². The summed E-state index contributed by atoms with van der Waals surface area (Å²) in [5, 5.41) is 2.94. The molecule has 20 heavy (non-hydrogen) atoms. The van der Waals surface area contributed by atoms with Crippen molar-refractivity contribution in [2.24, 2.45) is 5.73 Å². The highest BCUT2D eigenvalue weighted by Crippen LogP contribution is 2.19. The summed E-state index contributed by atoms with van der Waals surface area (Å²) in [5.74, 6) is -0.0748. The molecule has 2 rings (SSSR count). The average Bonchev–Trinajstić information content (AvgIpc) is 2.37. The van der Waals surface area contributed by atoms with Crippen LogP contribution >= 0.6 is 0 Å². The number of nitrogens with two attached hydrogens (primary N) is 1. The fourth-order valence-corrected chi connectivity index (χ4v) is 2.51. The molecule has 0 unspecified atom stereocenters. The fraction of sp³-hybridized carbons (Fsp3) is 0.235. The molecule has 0 saturated heterocycles. The van der Waals surface area contributed by atoms with E-state index >= 15 is 0 Å². The number of amides is 1. The molecule has 3 N–H and O–H groups in total. The zero-order chi connectivity index (χ0) is 14.7. The van der Waals surface area contributed by atoms with Crippen molar-refractivity contribution in [1.29, 1.82) is 0 Å². The number of carbonyl (C=O) groups excluding carboxylic acids is 1. The van der Waals surface area contributed by atoms with Crippen LogP contribution in [0.3, 0.4) is 0 Å². The van der Waals surface area contributed by atoms with Gasteiger partial charge in [0.15, 0.2) is 0 Å². The minimum absolute atomic E-state index is 0.0748. The van der Waals surface area contributed by atoms with E-state index in [9.17, 15) is 4.79 Å². The molecule has 104 valence electrons. The van der Waals surface area contributed by atoms with E-state index < -0.39 is 0 Å². The fourth-order valence-electron chi connectivity index (χ4n) is 2.51. The molecule has 0 aromatic heterocycles. The van der Waals surface area contributed by atoms with E-state index in [0.717, 1.165) is 27.9 Å². The molecule has 0 radical (unpaired) electrons. The predicted octanol–water partition coefficient (Wildman–Crippen LogP) is 3.32. The molecule has 2 aromatic rings. The Bertz CT molecular complexity index is 624. The Labute approximate surface area is 119 Å². The van der Waals surface area contributed by atoms with Crippen molar-refractivity contribution >= 4 is 11.6 Å². The maximum absolute atomic E-state index is 12.4. The molecule has 0 aliphatic heterocycles. The summed E-state index contributed by atoms with van der Waals surface area (Å²) < 4.78 is 0. The normalized spacial score (nSPS) is 10.4. The van der Waals surface area contributed by atoms with Gasteiger partial charge in [-0.2, -0.15) is 0 Å². The average molecular weight is 268 g/mol. The number of hydrogen-bond acceptors (Lipinski definition) is 2. The second-order valence-electron chi connectivity index (χ2n) is 5.13. The van der Waals surface area contributed by atoms with Gasteiger partial charge in [0, 0.05) is 17.8 Å². The predicted molar refractivity (Wildman–Crippen MR) is 82.9 cm³/mol. The van der Waals surface area contributed by atoms with Gasteiger partial charge in [0.25, 0.3) is 5.91 Å². The molecule has 3 heteroatoms. The molecule has 3 nitrogen and oxygen atoms in total. The van der Waals surface area contributed by atoms with Crippen LogP contribution in [0.5, 0.6) is 0 Å². The Morgan fingerprint density at radius 1 is 1.10 bits per heavy atom. The van der Waals surface area contributed by atoms with Crippen LogP contribution in [0.15, 0.2) is 36.4 Å². The first kappa shape index (κ1) is 14.3. The molecular weight excluding hydrogens is 248 g/mol. The Morgan fingerprint density at radius 3 is 2.35 bits per heavy atom. The summed E-state index contributed by atoms with van der Waals surface area (Å²) in [5.41, 5.74) is 11.3. The lowest BCUT2D eigenvalue weighted by atomic mass is 9.99. The third-order valence-corrected chi connectivity index (χ3v) is 3.32. The number of aryl methyl sites for hydroxylation is 3. The Balaban J connectivity index is 2.28. The molecule has 1 amide bonds. The SMILES string of the molecule is Cc1cc(C)c(C(=O)Nc2cccc(CN)c2)c(C)c1. The monoisotopic (exact) mass is 268 g/mol. The molecule has 0 heterocycles. The summed E-state index contributed by atoms with van der Waals surface area (Å²) in [6.07, 6.45) is 0. The highest BCUT2D eigenvalue weighted by atomic mass is 16.1. The van der Waals surface area contributed by atoms with Crippen molar-refractivity contribution in [3.05, 3.63) is 64.2 Å². The highest BCUT2D eigenvalue weighted by molar-refractivity contribution is 6.06. The van der Waals surface area contributed by atoms with E-state index in [1.807, 2.05) is 57.2 Å². The quantitative estimate of drug-likeness (QED) is 0.897. The van der Waals surface area contributed by atoms with Crippen LogP contribution < -0.4 is 11.1 Å². The van der Waals surface area contributed by atoms with Crippen LogP contribution in [-0.4, -0.2) is 5.91 Å². The molecule has 0 aliphatic rings. The maximum atomic E-state index is 12.4. The first-order valence-corrected chi connectivity index (χ1v) is 6.69. The zero-order valence-corrected chi connectivity index (χ0v) is 12.2. The van der Waals surface area contributed by atoms with E-state index in [4.69, 9.17) is 5.73 Å². The zero-order valence-electron chi connectivity index (χ0n) is 12.2. The summed E-state index contributed by atoms with van der Waals surface area (Å²) in [6.45, 7) is 6.43. The molecule has 0 saturated carbocycles. The van der Waals surface area contributed by atoms with E-state index in [0.29, 0.717) is 6.54 Å². The van der Waals surface area contributed by atoms with Gasteiger partial charge in [-0.15, -0.1) is 0 Å². The van der Waals surface area contributed by atoms with E-state index in [1.54, 1.807) is 0 Å². The molecule has 2 aromatic carbocycles. The molecule has 0 aliphatic carbocycles. The van der Waals surface area contributed by atoms with E-state index in [2.05, 4.69) is 5.32 Å². The van der Waals surface area contributed by atoms with Gasteiger partial charge < -0.3 is 11.1 Å². The van der Waals surface area contributed by atoms with Crippen molar-refractivity contribution < 1.29 is 4.79 Å². The Hall–Kier alpha value is -2.13. The highest BCUT2D eigenvalue weighted by Gasteiger charge is 2.13. The Morgan fingerprint density at radius 2 is 1.75 bits per heavy atom. The van der Waals surface area contributed by atoms with Crippen molar-refractivity contribution in [3.8, 4) is 0 Å². The van der Waals surface area contributed by atoms with Gasteiger partial charge in [0.1, 0.15) is 0 Å². The van der Waals surface area contributed by atoms with Gasteiger partial charge in [0.2, 0.25) is 0 Å². The van der Waals surface area contributed by atoms with Gasteiger partial charge in [0.05, 0.1) is 0 Å². The smallest absolute Gasteiger partial charge is 0.256 e. The van der Waals surface area contributed by atoms with Gasteiger partial charge in [-0.1, -0.05) is 29.8 Å². The van der Waals surface area contributed by atoms with Crippen molar-refractivity contribution in [2.45, 2.75) is 27.3 Å². The van der Waals surface area contributed by atoms with Gasteiger partial charge in [-0.25, -0.2) is 0 Å². The first-order valence-electron chi connectivity index (χ1n) is 6.69. The number of rotatable bonds is 3. The van der Waals surface area contributed by atoms with E-state index in [1.165, 1.54) is 5.56 Å². The second kappa shape index (κ2) is 5.88. The van der Waals surface area contributed by atoms with Crippen LogP contribution in [0.4, 0.5) is 5.69 Å². The number of nitrogens with one attached hydrogen (secondary N) is 1. The van der Waals surface area contributed by atoms with Crippen LogP contribution in [0.1, 0.15) is 32.6 Å².